The van der Waals surface area contributed by atoms with Crippen LogP contribution in [0.25, 0.3) is 0 Å². The normalized spacial score (nSPS) is 13.7. The smallest absolute Gasteiger partial charge is 0.274 e. The van der Waals surface area contributed by atoms with Crippen LogP contribution in [0, 0.1) is 0 Å². The summed E-state index contributed by atoms with van der Waals surface area (Å²) in [5.74, 6) is 0.123. The minimum atomic E-state index is 0.123. The molecule has 0 N–H and O–H groups in total. The van der Waals surface area contributed by atoms with Gasteiger partial charge in [-0.2, -0.15) is 5.10 Å². The highest BCUT2D eigenvalue weighted by atomic mass is 16.2. The van der Waals surface area contributed by atoms with Crippen molar-refractivity contribution >= 4 is 5.91 Å². The maximum Gasteiger partial charge on any atom is 0.274 e. The lowest BCUT2D eigenvalue weighted by molar-refractivity contribution is 0.0748. The molecule has 0 fully saturated rings. The number of fused-ring (bicyclic) bond motifs is 1. The van der Waals surface area contributed by atoms with Gasteiger partial charge in [0.1, 0.15) is 0 Å². The van der Waals surface area contributed by atoms with Gasteiger partial charge in [0.25, 0.3) is 5.91 Å². The molecule has 100 valence electrons. The number of amides is 1. The molecule has 1 aliphatic carbocycles. The summed E-state index contributed by atoms with van der Waals surface area (Å²) >= 11 is 0. The van der Waals surface area contributed by atoms with Crippen LogP contribution in [0.4, 0.5) is 0 Å². The van der Waals surface area contributed by atoms with E-state index in [0.29, 0.717) is 5.69 Å². The molecule has 0 aliphatic heterocycles. The van der Waals surface area contributed by atoms with Gasteiger partial charge in [-0.3, -0.25) is 9.48 Å². The van der Waals surface area contributed by atoms with E-state index in [1.807, 2.05) is 16.6 Å². The van der Waals surface area contributed by atoms with Gasteiger partial charge in [-0.05, 0) is 32.1 Å². The van der Waals surface area contributed by atoms with E-state index in [2.05, 4.69) is 18.9 Å². The highest BCUT2D eigenvalue weighted by Gasteiger charge is 2.27. The Hall–Kier alpha value is -1.32. The fourth-order valence-corrected chi connectivity index (χ4v) is 2.79. The number of hydrogen-bond donors (Lipinski definition) is 0. The lowest BCUT2D eigenvalue weighted by Crippen LogP contribution is -2.33. The first-order valence-electron chi connectivity index (χ1n) is 7.03. The molecule has 4 nitrogen and oxygen atoms in total. The van der Waals surface area contributed by atoms with Crippen molar-refractivity contribution in [3.63, 3.8) is 0 Å². The van der Waals surface area contributed by atoms with E-state index in [1.54, 1.807) is 0 Å². The molecule has 0 atom stereocenters. The van der Waals surface area contributed by atoms with Crippen molar-refractivity contribution in [2.45, 2.75) is 46.0 Å². The number of nitrogens with zero attached hydrogens (tertiary/aromatic N) is 3. The highest BCUT2D eigenvalue weighted by molar-refractivity contribution is 5.94. The van der Waals surface area contributed by atoms with Gasteiger partial charge < -0.3 is 4.90 Å². The van der Waals surface area contributed by atoms with Crippen LogP contribution in [0.2, 0.25) is 0 Å². The second-order valence-corrected chi connectivity index (χ2v) is 5.04. The molecule has 0 unspecified atom stereocenters. The summed E-state index contributed by atoms with van der Waals surface area (Å²) in [6.07, 6.45) is 5.23. The molecule has 0 aromatic carbocycles. The fraction of sp³-hybridized carbons (Fsp3) is 0.714. The molecule has 1 aliphatic rings. The molecule has 0 saturated heterocycles. The summed E-state index contributed by atoms with van der Waals surface area (Å²) < 4.78 is 1.89. The van der Waals surface area contributed by atoms with E-state index in [1.165, 1.54) is 11.3 Å². The molecule has 1 heterocycles. The van der Waals surface area contributed by atoms with Gasteiger partial charge >= 0.3 is 0 Å². The van der Waals surface area contributed by atoms with Gasteiger partial charge in [-0.1, -0.05) is 13.8 Å². The molecule has 2 rings (SSSR count). The molecular formula is C14H23N3O. The highest BCUT2D eigenvalue weighted by Crippen LogP contribution is 2.25. The first kappa shape index (κ1) is 13.1. The van der Waals surface area contributed by atoms with Crippen molar-refractivity contribution in [3.8, 4) is 0 Å². The molecule has 0 radical (unpaired) electrons. The largest absolute Gasteiger partial charge is 0.337 e. The number of carbonyl (C=O) groups excluding carboxylic acids is 1. The predicted octanol–water partition coefficient (Wildman–Crippen LogP) is 2.17. The van der Waals surface area contributed by atoms with E-state index in [9.17, 15) is 4.79 Å². The molecule has 0 saturated carbocycles. The van der Waals surface area contributed by atoms with Crippen LogP contribution in [0.1, 0.15) is 54.9 Å². The van der Waals surface area contributed by atoms with Gasteiger partial charge in [0.05, 0.1) is 0 Å². The van der Waals surface area contributed by atoms with Crippen molar-refractivity contribution in [1.29, 1.82) is 0 Å². The Morgan fingerprint density at radius 3 is 2.56 bits per heavy atom. The van der Waals surface area contributed by atoms with Gasteiger partial charge in [-0.25, -0.2) is 0 Å². The zero-order chi connectivity index (χ0) is 13.1. The van der Waals surface area contributed by atoms with Crippen LogP contribution in [0.5, 0.6) is 0 Å². The van der Waals surface area contributed by atoms with Crippen LogP contribution in [-0.4, -0.2) is 33.7 Å². The van der Waals surface area contributed by atoms with Crippen molar-refractivity contribution in [1.82, 2.24) is 14.7 Å². The average Bonchev–Trinajstić information content (AvgIpc) is 2.93. The maximum absolute atomic E-state index is 12.5. The van der Waals surface area contributed by atoms with Crippen LogP contribution in [-0.2, 0) is 19.9 Å². The first-order chi connectivity index (χ1) is 8.69. The lowest BCUT2D eigenvalue weighted by Gasteiger charge is -2.20. The van der Waals surface area contributed by atoms with Crippen LogP contribution in [0.3, 0.4) is 0 Å². The summed E-state index contributed by atoms with van der Waals surface area (Å²) in [6, 6.07) is 0. The van der Waals surface area contributed by atoms with E-state index in [0.717, 1.165) is 45.2 Å². The minimum absolute atomic E-state index is 0.123. The second-order valence-electron chi connectivity index (χ2n) is 5.04. The summed E-state index contributed by atoms with van der Waals surface area (Å²) in [4.78, 5) is 14.5. The molecule has 0 bridgehead atoms. The Labute approximate surface area is 109 Å². The third-order valence-corrected chi connectivity index (χ3v) is 3.59. The quantitative estimate of drug-likeness (QED) is 0.802. The summed E-state index contributed by atoms with van der Waals surface area (Å²) in [7, 11) is 1.95. The third kappa shape index (κ3) is 2.28. The number of rotatable bonds is 5. The summed E-state index contributed by atoms with van der Waals surface area (Å²) in [6.45, 7) is 5.88. The minimum Gasteiger partial charge on any atom is -0.337 e. The summed E-state index contributed by atoms with van der Waals surface area (Å²) in [5, 5.41) is 4.44. The maximum atomic E-state index is 12.5. The van der Waals surface area contributed by atoms with Crippen LogP contribution < -0.4 is 0 Å². The zero-order valence-corrected chi connectivity index (χ0v) is 11.7. The Balaban J connectivity index is 2.24. The van der Waals surface area contributed by atoms with E-state index < -0.39 is 0 Å². The predicted molar refractivity (Wildman–Crippen MR) is 71.7 cm³/mol. The third-order valence-electron chi connectivity index (χ3n) is 3.59. The average molecular weight is 249 g/mol. The Morgan fingerprint density at radius 1 is 1.28 bits per heavy atom. The van der Waals surface area contributed by atoms with E-state index >= 15 is 0 Å². The second kappa shape index (κ2) is 5.55. The fourth-order valence-electron chi connectivity index (χ4n) is 2.79. The molecule has 0 spiro atoms. The molecular weight excluding hydrogens is 226 g/mol. The zero-order valence-electron chi connectivity index (χ0n) is 11.7. The van der Waals surface area contributed by atoms with E-state index in [4.69, 9.17) is 0 Å². The number of hydrogen-bond acceptors (Lipinski definition) is 2. The summed E-state index contributed by atoms with van der Waals surface area (Å²) in [5.41, 5.74) is 3.15. The van der Waals surface area contributed by atoms with Crippen molar-refractivity contribution in [2.24, 2.45) is 7.05 Å². The van der Waals surface area contributed by atoms with Gasteiger partial charge in [0.2, 0.25) is 0 Å². The van der Waals surface area contributed by atoms with Gasteiger partial charge in [0.15, 0.2) is 5.69 Å². The number of aryl methyl sites for hydroxylation is 1. The Morgan fingerprint density at radius 2 is 1.94 bits per heavy atom. The molecule has 1 aromatic heterocycles. The topological polar surface area (TPSA) is 38.1 Å². The Kier molecular flexibility index (Phi) is 4.04. The van der Waals surface area contributed by atoms with Crippen LogP contribution >= 0.6 is 0 Å². The van der Waals surface area contributed by atoms with Gasteiger partial charge in [-0.15, -0.1) is 0 Å². The lowest BCUT2D eigenvalue weighted by atomic mass is 10.1. The number of carbonyl (C=O) groups is 1. The Bertz CT molecular complexity index is 430. The first-order valence-corrected chi connectivity index (χ1v) is 7.03. The molecule has 18 heavy (non-hydrogen) atoms. The van der Waals surface area contributed by atoms with Gasteiger partial charge in [0, 0.05) is 31.4 Å². The monoisotopic (exact) mass is 249 g/mol. The van der Waals surface area contributed by atoms with Crippen molar-refractivity contribution < 1.29 is 4.79 Å². The molecule has 4 heteroatoms. The SMILES string of the molecule is CCCN(CCC)C(=O)c1nn(C)c2c1CCC2. The standard InChI is InChI=1S/C14H23N3O/c1-4-9-17(10-5-2)14(18)13-11-7-6-8-12(11)16(3)15-13/h4-10H2,1-3H3. The van der Waals surface area contributed by atoms with Crippen molar-refractivity contribution in [2.75, 3.05) is 13.1 Å². The van der Waals surface area contributed by atoms with Crippen molar-refractivity contribution in [3.05, 3.63) is 17.0 Å². The molecule has 1 aromatic rings. The molecule has 1 amide bonds. The number of aromatic nitrogens is 2. The van der Waals surface area contributed by atoms with E-state index in [-0.39, 0.29) is 5.91 Å². The van der Waals surface area contributed by atoms with Crippen LogP contribution in [0.15, 0.2) is 0 Å².